The Bertz CT molecular complexity index is 708. The minimum Gasteiger partial charge on any atom is -0.281 e. The first kappa shape index (κ1) is 14.4. The third-order valence-corrected chi connectivity index (χ3v) is 5.38. The molecule has 0 aliphatic rings. The first-order valence-electron chi connectivity index (χ1n) is 5.30. The van der Waals surface area contributed by atoms with Crippen LogP contribution in [0.25, 0.3) is 0 Å². The molecule has 0 aliphatic carbocycles. The average Bonchev–Trinajstić information content (AvgIpc) is 2.64. The Morgan fingerprint density at radius 3 is 2.58 bits per heavy atom. The third-order valence-electron chi connectivity index (χ3n) is 2.50. The highest BCUT2D eigenvalue weighted by molar-refractivity contribution is 9.10. The lowest BCUT2D eigenvalue weighted by Gasteiger charge is -2.09. The molecule has 2 rings (SSSR count). The van der Waals surface area contributed by atoms with Gasteiger partial charge in [-0.1, -0.05) is 11.6 Å². The van der Waals surface area contributed by atoms with Crippen molar-refractivity contribution in [2.75, 3.05) is 4.72 Å². The molecule has 0 unspecified atom stereocenters. The van der Waals surface area contributed by atoms with Gasteiger partial charge in [-0.15, -0.1) is 0 Å². The maximum Gasteiger partial charge on any atom is 0.265 e. The van der Waals surface area contributed by atoms with Gasteiger partial charge in [0.2, 0.25) is 0 Å². The summed E-state index contributed by atoms with van der Waals surface area (Å²) in [5.41, 5.74) is 1.31. The van der Waals surface area contributed by atoms with Gasteiger partial charge in [-0.05, 0) is 48.0 Å². The lowest BCUT2D eigenvalue weighted by molar-refractivity contribution is 0.600. The van der Waals surface area contributed by atoms with Crippen molar-refractivity contribution in [2.45, 2.75) is 18.7 Å². The van der Waals surface area contributed by atoms with Crippen LogP contribution in [0.5, 0.6) is 0 Å². The van der Waals surface area contributed by atoms with Crippen LogP contribution in [0.2, 0.25) is 5.02 Å². The third kappa shape index (κ3) is 2.93. The molecule has 0 atom stereocenters. The Morgan fingerprint density at radius 2 is 2.05 bits per heavy atom. The van der Waals surface area contributed by atoms with Crippen molar-refractivity contribution in [1.82, 2.24) is 10.2 Å². The topological polar surface area (TPSA) is 74.8 Å². The van der Waals surface area contributed by atoms with Gasteiger partial charge in [0, 0.05) is 4.47 Å². The summed E-state index contributed by atoms with van der Waals surface area (Å²) in [7, 11) is -3.68. The van der Waals surface area contributed by atoms with Gasteiger partial charge in [0.25, 0.3) is 10.0 Å². The zero-order valence-corrected chi connectivity index (χ0v) is 13.3. The molecule has 1 aromatic heterocycles. The number of hydrogen-bond donors (Lipinski definition) is 2. The highest BCUT2D eigenvalue weighted by Crippen LogP contribution is 2.27. The van der Waals surface area contributed by atoms with Crippen LogP contribution in [-0.2, 0) is 10.0 Å². The molecule has 0 saturated heterocycles. The monoisotopic (exact) mass is 363 g/mol. The molecule has 0 bridgehead atoms. The van der Waals surface area contributed by atoms with E-state index in [2.05, 4.69) is 30.8 Å². The van der Waals surface area contributed by atoms with Crippen molar-refractivity contribution >= 4 is 43.2 Å². The summed E-state index contributed by atoms with van der Waals surface area (Å²) in [6.07, 6.45) is 0. The van der Waals surface area contributed by atoms with Crippen LogP contribution in [0.3, 0.4) is 0 Å². The van der Waals surface area contributed by atoms with Crippen molar-refractivity contribution in [3.63, 3.8) is 0 Å². The quantitative estimate of drug-likeness (QED) is 0.878. The van der Waals surface area contributed by atoms with Gasteiger partial charge in [-0.2, -0.15) is 5.10 Å². The zero-order valence-electron chi connectivity index (χ0n) is 10.2. The van der Waals surface area contributed by atoms with Crippen LogP contribution in [-0.4, -0.2) is 18.6 Å². The number of anilines is 1. The zero-order chi connectivity index (χ0) is 14.2. The van der Waals surface area contributed by atoms with E-state index in [9.17, 15) is 8.42 Å². The molecule has 0 fully saturated rings. The summed E-state index contributed by atoms with van der Waals surface area (Å²) in [6, 6.07) is 4.83. The van der Waals surface area contributed by atoms with E-state index in [0.717, 1.165) is 0 Å². The minimum absolute atomic E-state index is 0.159. The van der Waals surface area contributed by atoms with Crippen LogP contribution in [0, 0.1) is 13.8 Å². The van der Waals surface area contributed by atoms with Crippen LogP contribution < -0.4 is 4.72 Å². The van der Waals surface area contributed by atoms with Gasteiger partial charge >= 0.3 is 0 Å². The number of nitrogens with zero attached hydrogens (tertiary/aromatic N) is 1. The second kappa shape index (κ2) is 5.15. The van der Waals surface area contributed by atoms with E-state index in [1.807, 2.05) is 0 Å². The molecule has 0 radical (unpaired) electrons. The Morgan fingerprint density at radius 1 is 1.37 bits per heavy atom. The van der Waals surface area contributed by atoms with E-state index in [4.69, 9.17) is 11.6 Å². The normalized spacial score (nSPS) is 11.6. The number of aromatic amines is 1. The van der Waals surface area contributed by atoms with E-state index in [1.165, 1.54) is 6.07 Å². The van der Waals surface area contributed by atoms with Gasteiger partial charge in [-0.3, -0.25) is 9.82 Å². The van der Waals surface area contributed by atoms with Crippen molar-refractivity contribution in [1.29, 1.82) is 0 Å². The number of benzene rings is 1. The van der Waals surface area contributed by atoms with E-state index >= 15 is 0 Å². The van der Waals surface area contributed by atoms with Crippen molar-refractivity contribution in [3.8, 4) is 0 Å². The highest BCUT2D eigenvalue weighted by atomic mass is 79.9. The fourth-order valence-electron chi connectivity index (χ4n) is 1.70. The maximum atomic E-state index is 12.3. The van der Waals surface area contributed by atoms with E-state index in [1.54, 1.807) is 26.0 Å². The summed E-state index contributed by atoms with van der Waals surface area (Å²) in [4.78, 5) is 0.159. The number of rotatable bonds is 3. The first-order chi connectivity index (χ1) is 8.81. The van der Waals surface area contributed by atoms with E-state index in [-0.39, 0.29) is 4.90 Å². The Balaban J connectivity index is 2.39. The second-order valence-corrected chi connectivity index (χ2v) is 6.88. The standard InChI is InChI=1S/C11H11BrClN3O2S/c1-6-11(7(2)15-14-6)19(17,18)16-8-3-4-9(12)10(13)5-8/h3-5,16H,1-2H3,(H,14,15). The molecule has 8 heteroatoms. The van der Waals surface area contributed by atoms with E-state index in [0.29, 0.717) is 26.6 Å². The molecule has 5 nitrogen and oxygen atoms in total. The molecule has 0 aliphatic heterocycles. The molecule has 0 spiro atoms. The lowest BCUT2D eigenvalue weighted by Crippen LogP contribution is -2.14. The number of nitrogens with one attached hydrogen (secondary N) is 2. The van der Waals surface area contributed by atoms with Crippen LogP contribution >= 0.6 is 27.5 Å². The molecule has 2 N–H and O–H groups in total. The Kier molecular flexibility index (Phi) is 3.89. The Hall–Kier alpha value is -1.05. The average molecular weight is 365 g/mol. The summed E-state index contributed by atoms with van der Waals surface area (Å²) in [5, 5.41) is 6.96. The molecule has 102 valence electrons. The maximum absolute atomic E-state index is 12.3. The predicted molar refractivity (Wildman–Crippen MR) is 78.0 cm³/mol. The number of sulfonamides is 1. The number of hydrogen-bond acceptors (Lipinski definition) is 3. The molecule has 1 heterocycles. The summed E-state index contributed by atoms with van der Waals surface area (Å²) in [6.45, 7) is 3.29. The minimum atomic E-state index is -3.68. The van der Waals surface area contributed by atoms with Gasteiger partial charge in [-0.25, -0.2) is 8.42 Å². The number of aromatic nitrogens is 2. The fourth-order valence-corrected chi connectivity index (χ4v) is 3.55. The van der Waals surface area contributed by atoms with Gasteiger partial charge in [0.05, 0.1) is 22.1 Å². The SMILES string of the molecule is Cc1n[nH]c(C)c1S(=O)(=O)Nc1ccc(Br)c(Cl)c1. The summed E-state index contributed by atoms with van der Waals surface area (Å²) < 4.78 is 27.7. The number of H-pyrrole nitrogens is 1. The number of aryl methyl sites for hydroxylation is 2. The van der Waals surface area contributed by atoms with Crippen LogP contribution in [0.1, 0.15) is 11.4 Å². The largest absolute Gasteiger partial charge is 0.281 e. The second-order valence-electron chi connectivity index (χ2n) is 4.00. The fraction of sp³-hybridized carbons (Fsp3) is 0.182. The van der Waals surface area contributed by atoms with Gasteiger partial charge < -0.3 is 0 Å². The van der Waals surface area contributed by atoms with E-state index < -0.39 is 10.0 Å². The molecule has 0 saturated carbocycles. The first-order valence-corrected chi connectivity index (χ1v) is 7.96. The molecular formula is C11H11BrClN3O2S. The van der Waals surface area contributed by atoms with Crippen LogP contribution in [0.4, 0.5) is 5.69 Å². The summed E-state index contributed by atoms with van der Waals surface area (Å²) >= 11 is 9.18. The smallest absolute Gasteiger partial charge is 0.265 e. The highest BCUT2D eigenvalue weighted by Gasteiger charge is 2.22. The predicted octanol–water partition coefficient (Wildman–Crippen LogP) is 3.24. The van der Waals surface area contributed by atoms with Crippen LogP contribution in [0.15, 0.2) is 27.6 Å². The molecule has 19 heavy (non-hydrogen) atoms. The molecular weight excluding hydrogens is 354 g/mol. The molecule has 2 aromatic rings. The van der Waals surface area contributed by atoms with Gasteiger partial charge in [0.1, 0.15) is 4.90 Å². The lowest BCUT2D eigenvalue weighted by atomic mass is 10.3. The van der Waals surface area contributed by atoms with Crippen molar-refractivity contribution in [3.05, 3.63) is 39.1 Å². The molecule has 1 aromatic carbocycles. The van der Waals surface area contributed by atoms with Gasteiger partial charge in [0.15, 0.2) is 0 Å². The molecule has 0 amide bonds. The van der Waals surface area contributed by atoms with Crippen molar-refractivity contribution in [2.24, 2.45) is 0 Å². The number of halogens is 2. The summed E-state index contributed by atoms with van der Waals surface area (Å²) in [5.74, 6) is 0. The Labute approximate surface area is 124 Å². The van der Waals surface area contributed by atoms with Crippen molar-refractivity contribution < 1.29 is 8.42 Å².